The zero-order valence-corrected chi connectivity index (χ0v) is 11.1. The van der Waals surface area contributed by atoms with Gasteiger partial charge in [0.25, 0.3) is 0 Å². The summed E-state index contributed by atoms with van der Waals surface area (Å²) in [6, 6.07) is 0. The normalized spacial score (nSPS) is 18.8. The molecule has 0 heterocycles. The average molecular weight is 256 g/mol. The van der Waals surface area contributed by atoms with Gasteiger partial charge in [0.05, 0.1) is 5.92 Å². The first-order valence-electron chi connectivity index (χ1n) is 6.69. The van der Waals surface area contributed by atoms with Crippen molar-refractivity contribution in [1.82, 2.24) is 5.32 Å². The van der Waals surface area contributed by atoms with E-state index in [-0.39, 0.29) is 17.2 Å². The third-order valence-corrected chi connectivity index (χ3v) is 3.94. The van der Waals surface area contributed by atoms with Crippen molar-refractivity contribution in [3.05, 3.63) is 0 Å². The summed E-state index contributed by atoms with van der Waals surface area (Å²) in [5, 5.41) is 11.6. The minimum Gasteiger partial charge on any atom is -0.481 e. The Kier molecular flexibility index (Phi) is 5.59. The molecular weight excluding hydrogens is 232 g/mol. The fourth-order valence-electron chi connectivity index (χ4n) is 2.29. The molecule has 0 radical (unpaired) electrons. The van der Waals surface area contributed by atoms with Gasteiger partial charge in [-0.3, -0.25) is 9.59 Å². The molecule has 1 atom stereocenters. The first kappa shape index (κ1) is 15.0. The number of carboxylic acids is 1. The molecular formula is C13H24N2O3. The third kappa shape index (κ3) is 4.29. The van der Waals surface area contributed by atoms with Crippen LogP contribution in [0.4, 0.5) is 0 Å². The molecule has 0 bridgehead atoms. The number of carboxylic acid groups (broad SMARTS) is 1. The molecule has 1 fully saturated rings. The maximum Gasteiger partial charge on any atom is 0.306 e. The van der Waals surface area contributed by atoms with E-state index in [1.165, 1.54) is 6.42 Å². The quantitative estimate of drug-likeness (QED) is 0.567. The summed E-state index contributed by atoms with van der Waals surface area (Å²) in [5.41, 5.74) is 5.74. The van der Waals surface area contributed by atoms with Crippen LogP contribution in [0.3, 0.4) is 0 Å². The largest absolute Gasteiger partial charge is 0.481 e. The molecule has 0 aromatic carbocycles. The van der Waals surface area contributed by atoms with E-state index >= 15 is 0 Å². The number of nitrogens with two attached hydrogens (primary N) is 1. The van der Waals surface area contributed by atoms with Crippen LogP contribution in [0.5, 0.6) is 0 Å². The lowest BCUT2D eigenvalue weighted by atomic mass is 9.66. The van der Waals surface area contributed by atoms with Crippen LogP contribution in [0.25, 0.3) is 0 Å². The molecule has 0 spiro atoms. The molecule has 18 heavy (non-hydrogen) atoms. The Hall–Kier alpha value is -1.10. The first-order valence-corrected chi connectivity index (χ1v) is 6.69. The second kappa shape index (κ2) is 6.73. The van der Waals surface area contributed by atoms with Crippen molar-refractivity contribution in [3.8, 4) is 0 Å². The molecule has 0 saturated heterocycles. The highest BCUT2D eigenvalue weighted by Gasteiger charge is 2.37. The minimum atomic E-state index is -0.780. The molecule has 5 nitrogen and oxygen atoms in total. The summed E-state index contributed by atoms with van der Waals surface area (Å²) < 4.78 is 0. The zero-order valence-electron chi connectivity index (χ0n) is 11.1. The van der Waals surface area contributed by atoms with E-state index in [1.54, 1.807) is 6.92 Å². The Labute approximate surface area is 108 Å². The van der Waals surface area contributed by atoms with Gasteiger partial charge in [-0.2, -0.15) is 0 Å². The highest BCUT2D eigenvalue weighted by molar-refractivity contribution is 5.76. The Morgan fingerprint density at radius 2 is 2.11 bits per heavy atom. The lowest BCUT2D eigenvalue weighted by Crippen LogP contribution is -2.42. The van der Waals surface area contributed by atoms with Crippen LogP contribution in [0.1, 0.15) is 45.4 Å². The fraction of sp³-hybridized carbons (Fsp3) is 0.846. The van der Waals surface area contributed by atoms with E-state index in [0.29, 0.717) is 32.4 Å². The summed E-state index contributed by atoms with van der Waals surface area (Å²) in [6.45, 7) is 2.81. The Bertz CT molecular complexity index is 295. The van der Waals surface area contributed by atoms with E-state index in [2.05, 4.69) is 5.32 Å². The number of aliphatic carboxylic acids is 1. The van der Waals surface area contributed by atoms with Crippen molar-refractivity contribution < 1.29 is 14.7 Å². The van der Waals surface area contributed by atoms with E-state index < -0.39 is 5.97 Å². The molecule has 0 aliphatic heterocycles. The van der Waals surface area contributed by atoms with E-state index in [0.717, 1.165) is 12.8 Å². The lowest BCUT2D eigenvalue weighted by molar-refractivity contribution is -0.141. The van der Waals surface area contributed by atoms with Crippen LogP contribution < -0.4 is 11.1 Å². The molecule has 4 N–H and O–H groups in total. The van der Waals surface area contributed by atoms with Crippen LogP contribution in [0, 0.1) is 11.3 Å². The van der Waals surface area contributed by atoms with Gasteiger partial charge < -0.3 is 16.2 Å². The predicted octanol–water partition coefficient (Wildman–Crippen LogP) is 1.12. The lowest BCUT2D eigenvalue weighted by Gasteiger charge is -2.40. The maximum atomic E-state index is 11.7. The molecule has 0 aromatic heterocycles. The molecule has 1 amide bonds. The fourth-order valence-corrected chi connectivity index (χ4v) is 2.29. The summed E-state index contributed by atoms with van der Waals surface area (Å²) in [6.07, 6.45) is 5.07. The van der Waals surface area contributed by atoms with Crippen LogP contribution >= 0.6 is 0 Å². The SMILES string of the molecule is CC(CCCNC(=O)CC1(CN)CCC1)C(=O)O. The monoisotopic (exact) mass is 256 g/mol. The second-order valence-corrected chi connectivity index (χ2v) is 5.47. The minimum absolute atomic E-state index is 0.0401. The second-order valence-electron chi connectivity index (χ2n) is 5.47. The van der Waals surface area contributed by atoms with Gasteiger partial charge in [0, 0.05) is 13.0 Å². The first-order chi connectivity index (χ1) is 8.49. The third-order valence-electron chi connectivity index (χ3n) is 3.94. The van der Waals surface area contributed by atoms with Crippen molar-refractivity contribution in [2.24, 2.45) is 17.1 Å². The van der Waals surface area contributed by atoms with Gasteiger partial charge in [-0.25, -0.2) is 0 Å². The molecule has 1 aliphatic rings. The summed E-state index contributed by atoms with van der Waals surface area (Å²) >= 11 is 0. The maximum absolute atomic E-state index is 11.7. The van der Waals surface area contributed by atoms with Gasteiger partial charge in [0.15, 0.2) is 0 Å². The van der Waals surface area contributed by atoms with Gasteiger partial charge >= 0.3 is 5.97 Å². The van der Waals surface area contributed by atoms with Gasteiger partial charge in [-0.1, -0.05) is 13.3 Å². The Morgan fingerprint density at radius 3 is 2.56 bits per heavy atom. The highest BCUT2D eigenvalue weighted by Crippen LogP contribution is 2.42. The predicted molar refractivity (Wildman–Crippen MR) is 69.0 cm³/mol. The molecule has 104 valence electrons. The number of hydrogen-bond acceptors (Lipinski definition) is 3. The van der Waals surface area contributed by atoms with Gasteiger partial charge in [-0.15, -0.1) is 0 Å². The molecule has 1 rings (SSSR count). The smallest absolute Gasteiger partial charge is 0.306 e. The Morgan fingerprint density at radius 1 is 1.44 bits per heavy atom. The van der Waals surface area contributed by atoms with Crippen LogP contribution in [0.2, 0.25) is 0 Å². The molecule has 5 heteroatoms. The topological polar surface area (TPSA) is 92.4 Å². The van der Waals surface area contributed by atoms with Crippen LogP contribution in [-0.4, -0.2) is 30.1 Å². The van der Waals surface area contributed by atoms with Gasteiger partial charge in [0.2, 0.25) is 5.91 Å². The van der Waals surface area contributed by atoms with Crippen LogP contribution in [-0.2, 0) is 9.59 Å². The van der Waals surface area contributed by atoms with Crippen molar-refractivity contribution in [3.63, 3.8) is 0 Å². The van der Waals surface area contributed by atoms with Crippen molar-refractivity contribution >= 4 is 11.9 Å². The summed E-state index contributed by atoms with van der Waals surface area (Å²) in [7, 11) is 0. The number of rotatable bonds is 8. The van der Waals surface area contributed by atoms with Crippen LogP contribution in [0.15, 0.2) is 0 Å². The summed E-state index contributed by atoms with van der Waals surface area (Å²) in [5.74, 6) is -1.08. The number of amides is 1. The molecule has 1 aliphatic carbocycles. The van der Waals surface area contributed by atoms with Crippen molar-refractivity contribution in [2.75, 3.05) is 13.1 Å². The molecule has 1 saturated carbocycles. The highest BCUT2D eigenvalue weighted by atomic mass is 16.4. The van der Waals surface area contributed by atoms with Crippen molar-refractivity contribution in [2.45, 2.75) is 45.4 Å². The average Bonchev–Trinajstić information content (AvgIpc) is 2.29. The van der Waals surface area contributed by atoms with Gasteiger partial charge in [-0.05, 0) is 37.6 Å². The van der Waals surface area contributed by atoms with E-state index in [4.69, 9.17) is 10.8 Å². The van der Waals surface area contributed by atoms with Gasteiger partial charge in [0.1, 0.15) is 0 Å². The molecule has 0 aromatic rings. The van der Waals surface area contributed by atoms with E-state index in [9.17, 15) is 9.59 Å². The van der Waals surface area contributed by atoms with Crippen molar-refractivity contribution in [1.29, 1.82) is 0 Å². The number of nitrogens with one attached hydrogen (secondary N) is 1. The summed E-state index contributed by atoms with van der Waals surface area (Å²) in [4.78, 5) is 22.3. The number of carbonyl (C=O) groups excluding carboxylic acids is 1. The van der Waals surface area contributed by atoms with E-state index in [1.807, 2.05) is 0 Å². The standard InChI is InChI=1S/C13H24N2O3/c1-10(12(17)18)4-2-7-15-11(16)8-13(9-14)5-3-6-13/h10H,2-9,14H2,1H3,(H,15,16)(H,17,18). The zero-order chi connectivity index (χ0) is 13.6. The molecule has 1 unspecified atom stereocenters. The number of carbonyl (C=O) groups is 2. The Balaban J connectivity index is 2.12. The number of hydrogen-bond donors (Lipinski definition) is 3.